The van der Waals surface area contributed by atoms with Crippen LogP contribution in [0.25, 0.3) is 21.5 Å². The molecule has 2 aromatic carbocycles. The summed E-state index contributed by atoms with van der Waals surface area (Å²) in [6, 6.07) is 10.0. The number of amides is 1. The maximum Gasteiger partial charge on any atom is 0.407 e. The Morgan fingerprint density at radius 1 is 0.816 bits per heavy atom. The van der Waals surface area contributed by atoms with Crippen LogP contribution in [0.5, 0.6) is 0 Å². The van der Waals surface area contributed by atoms with Crippen LogP contribution in [0, 0.1) is 0 Å². The number of carbonyl (C=O) groups excluding carboxylic acids is 1. The second-order valence-corrected chi connectivity index (χ2v) is 18.6. The molecule has 2 fully saturated rings. The fourth-order valence-corrected chi connectivity index (χ4v) is 10.9. The third-order valence-electron chi connectivity index (χ3n) is 8.16. The minimum atomic E-state index is -3.73. The molecule has 0 saturated carbocycles. The molecule has 0 unspecified atom stereocenters. The summed E-state index contributed by atoms with van der Waals surface area (Å²) in [6.07, 6.45) is 9.01. The SMILES string of the molecule is CC(C)(C)OC(=O)N[C@@H]1CCCN(S(=O)(=O)c2cccc3cncc(Br)c23)C1.N[C@@H]1CCCN(S(=O)(=O)c2cccc3cncc(Br)c23)C1. The predicted octanol–water partition coefficient (Wildman–Crippen LogP) is 5.78. The largest absolute Gasteiger partial charge is 0.444 e. The Balaban J connectivity index is 0.000000199. The van der Waals surface area contributed by atoms with Crippen LogP contribution in [0.1, 0.15) is 46.5 Å². The van der Waals surface area contributed by atoms with E-state index in [9.17, 15) is 21.6 Å². The average molecular weight is 841 g/mol. The lowest BCUT2D eigenvalue weighted by Gasteiger charge is -2.33. The van der Waals surface area contributed by atoms with Gasteiger partial charge in [0.05, 0.1) is 9.79 Å². The molecule has 264 valence electrons. The van der Waals surface area contributed by atoms with Crippen LogP contribution in [0.15, 0.2) is 79.9 Å². The third-order valence-corrected chi connectivity index (χ3v) is 13.2. The van der Waals surface area contributed by atoms with E-state index in [2.05, 4.69) is 47.1 Å². The lowest BCUT2D eigenvalue weighted by atomic mass is 10.1. The lowest BCUT2D eigenvalue weighted by Crippen LogP contribution is -2.50. The van der Waals surface area contributed by atoms with Crippen molar-refractivity contribution in [3.05, 3.63) is 70.1 Å². The molecule has 0 radical (unpaired) electrons. The molecule has 49 heavy (non-hydrogen) atoms. The highest BCUT2D eigenvalue weighted by Gasteiger charge is 2.33. The van der Waals surface area contributed by atoms with Crippen molar-refractivity contribution >= 4 is 79.5 Å². The van der Waals surface area contributed by atoms with Gasteiger partial charge in [-0.3, -0.25) is 9.97 Å². The summed E-state index contributed by atoms with van der Waals surface area (Å²) in [4.78, 5) is 20.8. The molecule has 4 heterocycles. The summed E-state index contributed by atoms with van der Waals surface area (Å²) in [5.41, 5.74) is 5.31. The van der Waals surface area contributed by atoms with Crippen LogP contribution in [0.4, 0.5) is 4.79 Å². The summed E-state index contributed by atoms with van der Waals surface area (Å²) in [5.74, 6) is 0. The van der Waals surface area contributed by atoms with Gasteiger partial charge in [0.1, 0.15) is 5.60 Å². The molecule has 3 N–H and O–H groups in total. The van der Waals surface area contributed by atoms with Crippen LogP contribution in [-0.4, -0.2) is 85.4 Å². The van der Waals surface area contributed by atoms with Crippen molar-refractivity contribution < 1.29 is 26.4 Å². The Labute approximate surface area is 304 Å². The number of carbonyl (C=O) groups is 1. The van der Waals surface area contributed by atoms with Crippen LogP contribution in [0.3, 0.4) is 0 Å². The van der Waals surface area contributed by atoms with E-state index >= 15 is 0 Å². The van der Waals surface area contributed by atoms with E-state index in [1.165, 1.54) is 8.61 Å². The van der Waals surface area contributed by atoms with Crippen molar-refractivity contribution in [2.45, 2.75) is 73.9 Å². The predicted molar refractivity (Wildman–Crippen MR) is 196 cm³/mol. The highest BCUT2D eigenvalue weighted by atomic mass is 79.9. The molecule has 2 aromatic heterocycles. The molecule has 6 rings (SSSR count). The van der Waals surface area contributed by atoms with Gasteiger partial charge in [-0.25, -0.2) is 21.6 Å². The van der Waals surface area contributed by atoms with Crippen molar-refractivity contribution in [3.63, 3.8) is 0 Å². The van der Waals surface area contributed by atoms with E-state index < -0.39 is 31.7 Å². The van der Waals surface area contributed by atoms with Gasteiger partial charge in [0.15, 0.2) is 0 Å². The summed E-state index contributed by atoms with van der Waals surface area (Å²) >= 11 is 6.82. The topological polar surface area (TPSA) is 165 Å². The number of sulfonamides is 2. The number of pyridine rings is 2. The van der Waals surface area contributed by atoms with Gasteiger partial charge in [-0.2, -0.15) is 8.61 Å². The van der Waals surface area contributed by atoms with Gasteiger partial charge in [-0.15, -0.1) is 0 Å². The number of hydrogen-bond donors (Lipinski definition) is 2. The maximum atomic E-state index is 13.4. The number of rotatable bonds is 5. The average Bonchev–Trinajstić information content (AvgIpc) is 3.04. The molecule has 16 heteroatoms. The number of ether oxygens (including phenoxy) is 1. The van der Waals surface area contributed by atoms with E-state index in [4.69, 9.17) is 10.5 Å². The number of nitrogens with zero attached hydrogens (tertiary/aromatic N) is 4. The first-order chi connectivity index (χ1) is 23.1. The van der Waals surface area contributed by atoms with Crippen LogP contribution in [0.2, 0.25) is 0 Å². The molecule has 2 aliphatic heterocycles. The molecule has 12 nitrogen and oxygen atoms in total. The van der Waals surface area contributed by atoms with E-state index in [0.29, 0.717) is 57.1 Å². The van der Waals surface area contributed by atoms with Gasteiger partial charge in [0, 0.05) is 93.5 Å². The Morgan fingerprint density at radius 2 is 1.31 bits per heavy atom. The maximum absolute atomic E-state index is 13.4. The van der Waals surface area contributed by atoms with Crippen LogP contribution in [-0.2, 0) is 24.8 Å². The fraction of sp³-hybridized carbons (Fsp3) is 0.424. The fourth-order valence-electron chi connectivity index (χ4n) is 5.97. The highest BCUT2D eigenvalue weighted by Crippen LogP contribution is 2.33. The van der Waals surface area contributed by atoms with Gasteiger partial charge in [0.2, 0.25) is 20.0 Å². The van der Waals surface area contributed by atoms with Gasteiger partial charge < -0.3 is 15.8 Å². The summed E-state index contributed by atoms with van der Waals surface area (Å²) < 4.78 is 62.1. The Bertz CT molecular complexity index is 2050. The van der Waals surface area contributed by atoms with Crippen molar-refractivity contribution in [1.82, 2.24) is 23.9 Å². The minimum absolute atomic E-state index is 0.0893. The molecule has 0 bridgehead atoms. The number of benzene rings is 2. The van der Waals surface area contributed by atoms with E-state index in [0.717, 1.165) is 23.6 Å². The van der Waals surface area contributed by atoms with Gasteiger partial charge in [-0.1, -0.05) is 24.3 Å². The number of aromatic nitrogens is 2. The van der Waals surface area contributed by atoms with Crippen molar-refractivity contribution in [2.75, 3.05) is 26.2 Å². The first kappa shape index (κ1) is 37.5. The summed E-state index contributed by atoms with van der Waals surface area (Å²) in [5, 5.41) is 5.62. The van der Waals surface area contributed by atoms with Crippen molar-refractivity contribution in [1.29, 1.82) is 0 Å². The van der Waals surface area contributed by atoms with Crippen molar-refractivity contribution in [2.24, 2.45) is 5.73 Å². The Kier molecular flexibility index (Phi) is 11.7. The van der Waals surface area contributed by atoms with Gasteiger partial charge in [0.25, 0.3) is 0 Å². The zero-order chi connectivity index (χ0) is 35.6. The van der Waals surface area contributed by atoms with Gasteiger partial charge in [-0.05, 0) is 90.4 Å². The normalized spacial score (nSPS) is 19.6. The Hall–Kier alpha value is -2.73. The molecule has 2 saturated heterocycles. The zero-order valence-electron chi connectivity index (χ0n) is 27.5. The first-order valence-corrected chi connectivity index (χ1v) is 20.3. The molecular weight excluding hydrogens is 800 g/mol. The number of hydrogen-bond acceptors (Lipinski definition) is 9. The monoisotopic (exact) mass is 838 g/mol. The summed E-state index contributed by atoms with van der Waals surface area (Å²) in [6.45, 7) is 6.89. The summed E-state index contributed by atoms with van der Waals surface area (Å²) in [7, 11) is -7.28. The number of alkyl carbamates (subject to hydrolysis) is 1. The quantitative estimate of drug-likeness (QED) is 0.254. The lowest BCUT2D eigenvalue weighted by molar-refractivity contribution is 0.0487. The molecular formula is C33H40Br2N6O6S2. The van der Waals surface area contributed by atoms with E-state index in [1.807, 2.05) is 12.1 Å². The van der Waals surface area contributed by atoms with Crippen molar-refractivity contribution in [3.8, 4) is 0 Å². The highest BCUT2D eigenvalue weighted by molar-refractivity contribution is 9.11. The number of piperidine rings is 2. The van der Waals surface area contributed by atoms with Crippen LogP contribution < -0.4 is 11.1 Å². The number of nitrogens with one attached hydrogen (secondary N) is 1. The number of fused-ring (bicyclic) bond motifs is 2. The molecule has 0 spiro atoms. The molecule has 2 aliphatic rings. The Morgan fingerprint density at radius 3 is 1.80 bits per heavy atom. The van der Waals surface area contributed by atoms with Crippen LogP contribution >= 0.6 is 31.9 Å². The number of halogens is 2. The second-order valence-electron chi connectivity index (χ2n) is 13.1. The molecule has 1 amide bonds. The first-order valence-electron chi connectivity index (χ1n) is 15.9. The molecule has 4 aromatic rings. The minimum Gasteiger partial charge on any atom is -0.444 e. The van der Waals surface area contributed by atoms with E-state index in [1.54, 1.807) is 69.8 Å². The molecule has 0 aliphatic carbocycles. The second kappa shape index (κ2) is 15.3. The smallest absolute Gasteiger partial charge is 0.407 e. The molecule has 2 atom stereocenters. The number of nitrogens with two attached hydrogens (primary N) is 1. The third kappa shape index (κ3) is 8.78. The standard InChI is InChI=1S/C19H24BrN3O4S.C14H16BrN3O2S/c1-19(2,3)27-18(24)22-14-7-5-9-23(12-14)28(25,26)16-8-4-6-13-10-21-11-15(20)17(13)16;15-12-8-17-7-10-3-1-5-13(14(10)12)21(19,20)18-6-2-4-11(16)9-18/h4,6,8,10-11,14H,5,7,9,12H2,1-3H3,(H,22,24);1,3,5,7-8,11H,2,4,6,9,16H2/t14-;11-/m11/s1. The van der Waals surface area contributed by atoms with E-state index in [-0.39, 0.29) is 23.5 Å². The van der Waals surface area contributed by atoms with Gasteiger partial charge >= 0.3 is 6.09 Å². The zero-order valence-corrected chi connectivity index (χ0v) is 32.3.